The molecule has 2 heterocycles. The first-order chi connectivity index (χ1) is 7.25. The summed E-state index contributed by atoms with van der Waals surface area (Å²) in [5.41, 5.74) is 2.48. The average Bonchev–Trinajstić information content (AvgIpc) is 2.84. The number of hydrogen-bond acceptors (Lipinski definition) is 2. The number of furan rings is 1. The fourth-order valence-corrected chi connectivity index (χ4v) is 1.58. The minimum absolute atomic E-state index is 0.323. The monoisotopic (exact) mass is 204 g/mol. The third kappa shape index (κ3) is 2.50. The van der Waals surface area contributed by atoms with Gasteiger partial charge in [-0.3, -0.25) is 0 Å². The molecule has 0 aliphatic rings. The van der Waals surface area contributed by atoms with Crippen molar-refractivity contribution >= 4 is 0 Å². The van der Waals surface area contributed by atoms with Gasteiger partial charge in [-0.25, -0.2) is 0 Å². The molecule has 0 bridgehead atoms. The van der Waals surface area contributed by atoms with Crippen molar-refractivity contribution in [2.45, 2.75) is 19.5 Å². The lowest BCUT2D eigenvalue weighted by Crippen LogP contribution is -2.17. The molecule has 2 rings (SSSR count). The molecule has 3 heteroatoms. The van der Waals surface area contributed by atoms with Crippen molar-refractivity contribution in [2.24, 2.45) is 7.05 Å². The summed E-state index contributed by atoms with van der Waals surface area (Å²) in [6.45, 7) is 3.01. The van der Waals surface area contributed by atoms with Crippen LogP contribution in [0.15, 0.2) is 41.5 Å². The van der Waals surface area contributed by atoms with Gasteiger partial charge in [-0.05, 0) is 24.6 Å². The zero-order valence-electron chi connectivity index (χ0n) is 9.10. The van der Waals surface area contributed by atoms with E-state index in [0.717, 1.165) is 6.54 Å². The minimum atomic E-state index is 0.323. The third-order valence-corrected chi connectivity index (χ3v) is 2.55. The van der Waals surface area contributed by atoms with Gasteiger partial charge in [-0.1, -0.05) is 0 Å². The van der Waals surface area contributed by atoms with Crippen LogP contribution >= 0.6 is 0 Å². The molecular weight excluding hydrogens is 188 g/mol. The van der Waals surface area contributed by atoms with Crippen LogP contribution in [0.25, 0.3) is 0 Å². The second kappa shape index (κ2) is 4.36. The summed E-state index contributed by atoms with van der Waals surface area (Å²) in [5.74, 6) is 0. The Morgan fingerprint density at radius 1 is 1.47 bits per heavy atom. The number of aromatic nitrogens is 1. The summed E-state index contributed by atoms with van der Waals surface area (Å²) in [6.07, 6.45) is 7.66. The molecule has 0 aliphatic heterocycles. The predicted molar refractivity (Wildman–Crippen MR) is 59.4 cm³/mol. The predicted octanol–water partition coefficient (Wildman–Crippen LogP) is 2.47. The summed E-state index contributed by atoms with van der Waals surface area (Å²) in [6, 6.07) is 4.43. The van der Waals surface area contributed by atoms with Crippen LogP contribution in [0.3, 0.4) is 0 Å². The molecule has 0 aliphatic carbocycles. The molecule has 0 amide bonds. The molecule has 2 aromatic heterocycles. The zero-order valence-corrected chi connectivity index (χ0v) is 9.10. The Morgan fingerprint density at radius 3 is 2.93 bits per heavy atom. The molecule has 2 aromatic rings. The third-order valence-electron chi connectivity index (χ3n) is 2.55. The fourth-order valence-electron chi connectivity index (χ4n) is 1.58. The maximum atomic E-state index is 5.05. The molecule has 0 fully saturated rings. The molecule has 0 aromatic carbocycles. The van der Waals surface area contributed by atoms with E-state index in [1.807, 2.05) is 13.1 Å². The van der Waals surface area contributed by atoms with Crippen molar-refractivity contribution in [1.29, 1.82) is 0 Å². The molecule has 1 N–H and O–H groups in total. The van der Waals surface area contributed by atoms with Crippen LogP contribution < -0.4 is 5.32 Å². The number of aryl methyl sites for hydroxylation is 1. The highest BCUT2D eigenvalue weighted by Gasteiger charge is 2.05. The van der Waals surface area contributed by atoms with Crippen LogP contribution in [0, 0.1) is 0 Å². The number of nitrogens with zero attached hydrogens (tertiary/aromatic N) is 1. The maximum Gasteiger partial charge on any atom is 0.0950 e. The fraction of sp³-hybridized carbons (Fsp3) is 0.333. The van der Waals surface area contributed by atoms with Crippen molar-refractivity contribution in [3.8, 4) is 0 Å². The Balaban J connectivity index is 1.88. The molecular formula is C12H16N2O. The van der Waals surface area contributed by atoms with Gasteiger partial charge in [0.05, 0.1) is 12.5 Å². The van der Waals surface area contributed by atoms with Crippen LogP contribution in [0.4, 0.5) is 0 Å². The highest BCUT2D eigenvalue weighted by Crippen LogP contribution is 2.13. The molecule has 0 radical (unpaired) electrons. The molecule has 80 valence electrons. The summed E-state index contributed by atoms with van der Waals surface area (Å²) in [4.78, 5) is 0. The second-order valence-electron chi connectivity index (χ2n) is 3.84. The first kappa shape index (κ1) is 10.1. The lowest BCUT2D eigenvalue weighted by Gasteiger charge is -2.10. The number of rotatable bonds is 4. The Hall–Kier alpha value is -1.48. The highest BCUT2D eigenvalue weighted by molar-refractivity contribution is 5.13. The number of hydrogen-bond donors (Lipinski definition) is 1. The van der Waals surface area contributed by atoms with Gasteiger partial charge in [-0.15, -0.1) is 0 Å². The minimum Gasteiger partial charge on any atom is -0.472 e. The Kier molecular flexibility index (Phi) is 2.92. The van der Waals surface area contributed by atoms with Gasteiger partial charge in [0.2, 0.25) is 0 Å². The van der Waals surface area contributed by atoms with Gasteiger partial charge in [0.15, 0.2) is 0 Å². The van der Waals surface area contributed by atoms with Crippen molar-refractivity contribution in [3.05, 3.63) is 48.2 Å². The average molecular weight is 204 g/mol. The lowest BCUT2D eigenvalue weighted by molar-refractivity contribution is 0.538. The van der Waals surface area contributed by atoms with Gasteiger partial charge in [0, 0.05) is 37.6 Å². The molecule has 1 unspecified atom stereocenters. The topological polar surface area (TPSA) is 30.1 Å². The lowest BCUT2D eigenvalue weighted by atomic mass is 10.2. The van der Waals surface area contributed by atoms with Gasteiger partial charge in [0.1, 0.15) is 0 Å². The van der Waals surface area contributed by atoms with Crippen molar-refractivity contribution in [1.82, 2.24) is 9.88 Å². The van der Waals surface area contributed by atoms with Crippen molar-refractivity contribution in [3.63, 3.8) is 0 Å². The Bertz CT molecular complexity index is 403. The quantitative estimate of drug-likeness (QED) is 0.829. The maximum absolute atomic E-state index is 5.05. The summed E-state index contributed by atoms with van der Waals surface area (Å²) >= 11 is 0. The van der Waals surface area contributed by atoms with E-state index in [9.17, 15) is 0 Å². The van der Waals surface area contributed by atoms with Crippen LogP contribution in [0.1, 0.15) is 24.1 Å². The first-order valence-corrected chi connectivity index (χ1v) is 5.12. The molecule has 0 saturated heterocycles. The second-order valence-corrected chi connectivity index (χ2v) is 3.84. The van der Waals surface area contributed by atoms with E-state index in [1.54, 1.807) is 12.5 Å². The molecule has 0 saturated carbocycles. The van der Waals surface area contributed by atoms with Gasteiger partial charge >= 0.3 is 0 Å². The van der Waals surface area contributed by atoms with E-state index >= 15 is 0 Å². The summed E-state index contributed by atoms with van der Waals surface area (Å²) in [5, 5.41) is 3.44. The smallest absolute Gasteiger partial charge is 0.0950 e. The Morgan fingerprint density at radius 2 is 2.33 bits per heavy atom. The summed E-state index contributed by atoms with van der Waals surface area (Å²) in [7, 11) is 2.03. The standard InChI is InChI=1S/C12H16N2O/c1-10(12-4-6-15-9-12)13-7-11-3-5-14(2)8-11/h3-6,8-10,13H,7H2,1-2H3. The van der Waals surface area contributed by atoms with Crippen molar-refractivity contribution < 1.29 is 4.42 Å². The van der Waals surface area contributed by atoms with Crippen molar-refractivity contribution in [2.75, 3.05) is 0 Å². The summed E-state index contributed by atoms with van der Waals surface area (Å²) < 4.78 is 7.10. The zero-order chi connectivity index (χ0) is 10.7. The molecule has 0 spiro atoms. The largest absolute Gasteiger partial charge is 0.472 e. The normalized spacial score (nSPS) is 12.9. The van der Waals surface area contributed by atoms with E-state index in [0.29, 0.717) is 6.04 Å². The molecule has 3 nitrogen and oxygen atoms in total. The molecule has 15 heavy (non-hydrogen) atoms. The van der Waals surface area contributed by atoms with Gasteiger partial charge < -0.3 is 14.3 Å². The van der Waals surface area contributed by atoms with Gasteiger partial charge in [0.25, 0.3) is 0 Å². The van der Waals surface area contributed by atoms with Crippen LogP contribution in [0.2, 0.25) is 0 Å². The van der Waals surface area contributed by atoms with Crippen LogP contribution in [-0.4, -0.2) is 4.57 Å². The van der Waals surface area contributed by atoms with E-state index in [4.69, 9.17) is 4.42 Å². The molecule has 1 atom stereocenters. The first-order valence-electron chi connectivity index (χ1n) is 5.12. The van der Waals surface area contributed by atoms with E-state index < -0.39 is 0 Å². The van der Waals surface area contributed by atoms with Crippen LogP contribution in [-0.2, 0) is 13.6 Å². The van der Waals surface area contributed by atoms with Crippen LogP contribution in [0.5, 0.6) is 0 Å². The van der Waals surface area contributed by atoms with Gasteiger partial charge in [-0.2, -0.15) is 0 Å². The van der Waals surface area contributed by atoms with E-state index in [1.165, 1.54) is 11.1 Å². The van der Waals surface area contributed by atoms with E-state index in [2.05, 4.69) is 35.3 Å². The highest BCUT2D eigenvalue weighted by atomic mass is 16.3. The van der Waals surface area contributed by atoms with E-state index in [-0.39, 0.29) is 0 Å². The SMILES string of the molecule is CC(NCc1ccn(C)c1)c1ccoc1. The number of nitrogens with one attached hydrogen (secondary N) is 1. The Labute approximate surface area is 89.7 Å².